The zero-order chi connectivity index (χ0) is 12.1. The lowest BCUT2D eigenvalue weighted by molar-refractivity contribution is 0.570. The Kier molecular flexibility index (Phi) is 4.80. The summed E-state index contributed by atoms with van der Waals surface area (Å²) in [7, 11) is 0. The Morgan fingerprint density at radius 1 is 1.59 bits per heavy atom. The van der Waals surface area contributed by atoms with Crippen LogP contribution in [-0.2, 0) is 0 Å². The van der Waals surface area contributed by atoms with E-state index in [1.165, 1.54) is 24.9 Å². The number of halogens is 1. The number of rotatable bonds is 5. The monoisotopic (exact) mass is 297 g/mol. The van der Waals surface area contributed by atoms with Crippen molar-refractivity contribution in [3.8, 4) is 0 Å². The quantitative estimate of drug-likeness (QED) is 0.847. The van der Waals surface area contributed by atoms with Gasteiger partial charge in [0.2, 0.25) is 0 Å². The SMILES string of the molecule is CCCNCC1CCCN1c1ccncc1Br. The zero-order valence-electron chi connectivity index (χ0n) is 10.3. The van der Waals surface area contributed by atoms with Crippen molar-refractivity contribution in [3.63, 3.8) is 0 Å². The van der Waals surface area contributed by atoms with E-state index in [1.54, 1.807) is 0 Å². The summed E-state index contributed by atoms with van der Waals surface area (Å²) in [6, 6.07) is 2.72. The average Bonchev–Trinajstić information content (AvgIpc) is 2.78. The van der Waals surface area contributed by atoms with Crippen LogP contribution in [0.2, 0.25) is 0 Å². The molecule has 1 saturated heterocycles. The molecule has 0 radical (unpaired) electrons. The van der Waals surface area contributed by atoms with E-state index in [4.69, 9.17) is 0 Å². The molecule has 17 heavy (non-hydrogen) atoms. The molecule has 0 spiro atoms. The van der Waals surface area contributed by atoms with Gasteiger partial charge in [0.15, 0.2) is 0 Å². The first-order valence-electron chi connectivity index (χ1n) is 6.39. The van der Waals surface area contributed by atoms with E-state index in [0.717, 1.165) is 24.1 Å². The summed E-state index contributed by atoms with van der Waals surface area (Å²) in [4.78, 5) is 6.62. The minimum atomic E-state index is 0.625. The molecule has 1 N–H and O–H groups in total. The lowest BCUT2D eigenvalue weighted by Crippen LogP contribution is -2.38. The van der Waals surface area contributed by atoms with Crippen LogP contribution in [0.5, 0.6) is 0 Å². The zero-order valence-corrected chi connectivity index (χ0v) is 11.9. The van der Waals surface area contributed by atoms with Crippen molar-refractivity contribution in [1.29, 1.82) is 0 Å². The Hall–Kier alpha value is -0.610. The summed E-state index contributed by atoms with van der Waals surface area (Å²) in [6.07, 6.45) is 7.52. The van der Waals surface area contributed by atoms with E-state index in [9.17, 15) is 0 Å². The van der Waals surface area contributed by atoms with Crippen molar-refractivity contribution < 1.29 is 0 Å². The predicted molar refractivity (Wildman–Crippen MR) is 75.5 cm³/mol. The number of pyridine rings is 1. The Balaban J connectivity index is 2.02. The summed E-state index contributed by atoms with van der Waals surface area (Å²) in [5.74, 6) is 0. The van der Waals surface area contributed by atoms with Crippen LogP contribution in [0.15, 0.2) is 22.9 Å². The van der Waals surface area contributed by atoms with Crippen molar-refractivity contribution in [2.45, 2.75) is 32.2 Å². The molecule has 1 aromatic rings. The van der Waals surface area contributed by atoms with Crippen LogP contribution in [0.4, 0.5) is 5.69 Å². The van der Waals surface area contributed by atoms with Crippen molar-refractivity contribution in [2.24, 2.45) is 0 Å². The fraction of sp³-hybridized carbons (Fsp3) is 0.615. The number of nitrogens with one attached hydrogen (secondary N) is 1. The van der Waals surface area contributed by atoms with Crippen LogP contribution in [0.3, 0.4) is 0 Å². The molecule has 94 valence electrons. The maximum Gasteiger partial charge on any atom is 0.0592 e. The van der Waals surface area contributed by atoms with Gasteiger partial charge in [-0.25, -0.2) is 0 Å². The first-order valence-corrected chi connectivity index (χ1v) is 7.19. The number of anilines is 1. The van der Waals surface area contributed by atoms with E-state index < -0.39 is 0 Å². The Morgan fingerprint density at radius 3 is 3.24 bits per heavy atom. The molecule has 1 aromatic heterocycles. The van der Waals surface area contributed by atoms with Crippen molar-refractivity contribution in [3.05, 3.63) is 22.9 Å². The third-order valence-electron chi connectivity index (χ3n) is 3.24. The number of nitrogens with zero attached hydrogens (tertiary/aromatic N) is 2. The number of hydrogen-bond acceptors (Lipinski definition) is 3. The fourth-order valence-electron chi connectivity index (χ4n) is 2.41. The van der Waals surface area contributed by atoms with Gasteiger partial charge in [-0.2, -0.15) is 0 Å². The van der Waals surface area contributed by atoms with Crippen LogP contribution in [0.1, 0.15) is 26.2 Å². The number of hydrogen-bond donors (Lipinski definition) is 1. The van der Waals surface area contributed by atoms with E-state index in [0.29, 0.717) is 6.04 Å². The standard InChI is InChI=1S/C13H20BrN3/c1-2-6-15-9-11-4-3-8-17(11)13-5-7-16-10-12(13)14/h5,7,10-11,15H,2-4,6,8-9H2,1H3. The largest absolute Gasteiger partial charge is 0.366 e. The molecule has 1 aliphatic rings. The summed E-state index contributed by atoms with van der Waals surface area (Å²) in [5.41, 5.74) is 1.28. The van der Waals surface area contributed by atoms with Crippen LogP contribution >= 0.6 is 15.9 Å². The van der Waals surface area contributed by atoms with Crippen LogP contribution < -0.4 is 10.2 Å². The molecule has 0 saturated carbocycles. The smallest absolute Gasteiger partial charge is 0.0592 e. The maximum absolute atomic E-state index is 4.13. The number of aromatic nitrogens is 1. The minimum absolute atomic E-state index is 0.625. The van der Waals surface area contributed by atoms with Crippen LogP contribution in [-0.4, -0.2) is 30.7 Å². The molecular formula is C13H20BrN3. The van der Waals surface area contributed by atoms with Gasteiger partial charge in [-0.1, -0.05) is 6.92 Å². The normalized spacial score (nSPS) is 19.9. The second-order valence-corrected chi connectivity index (χ2v) is 5.37. The van der Waals surface area contributed by atoms with Gasteiger partial charge >= 0.3 is 0 Å². The van der Waals surface area contributed by atoms with Crippen molar-refractivity contribution in [1.82, 2.24) is 10.3 Å². The van der Waals surface area contributed by atoms with Crippen LogP contribution in [0, 0.1) is 0 Å². The Bertz CT molecular complexity index is 356. The Labute approximate surface area is 112 Å². The molecule has 0 aromatic carbocycles. The molecule has 1 fully saturated rings. The highest BCUT2D eigenvalue weighted by Gasteiger charge is 2.25. The first kappa shape index (κ1) is 12.8. The van der Waals surface area contributed by atoms with Gasteiger partial charge in [0, 0.05) is 31.5 Å². The highest BCUT2D eigenvalue weighted by atomic mass is 79.9. The lowest BCUT2D eigenvalue weighted by Gasteiger charge is -2.27. The highest BCUT2D eigenvalue weighted by molar-refractivity contribution is 9.10. The third kappa shape index (κ3) is 3.19. The van der Waals surface area contributed by atoms with Crippen molar-refractivity contribution >= 4 is 21.6 Å². The Morgan fingerprint density at radius 2 is 2.47 bits per heavy atom. The molecule has 1 unspecified atom stereocenters. The molecule has 2 heterocycles. The van der Waals surface area contributed by atoms with Gasteiger partial charge in [0.05, 0.1) is 10.2 Å². The molecule has 4 heteroatoms. The topological polar surface area (TPSA) is 28.2 Å². The lowest BCUT2D eigenvalue weighted by atomic mass is 10.2. The molecule has 0 amide bonds. The first-order chi connectivity index (χ1) is 8.33. The van der Waals surface area contributed by atoms with E-state index in [-0.39, 0.29) is 0 Å². The fourth-order valence-corrected chi connectivity index (χ4v) is 2.89. The second kappa shape index (κ2) is 6.36. The molecule has 3 nitrogen and oxygen atoms in total. The molecule has 1 atom stereocenters. The average molecular weight is 298 g/mol. The van der Waals surface area contributed by atoms with E-state index in [2.05, 4.69) is 44.1 Å². The third-order valence-corrected chi connectivity index (χ3v) is 3.86. The molecular weight excluding hydrogens is 278 g/mol. The van der Waals surface area contributed by atoms with Gasteiger partial charge in [0.1, 0.15) is 0 Å². The summed E-state index contributed by atoms with van der Waals surface area (Å²) in [6.45, 7) is 5.56. The van der Waals surface area contributed by atoms with E-state index in [1.807, 2.05) is 12.4 Å². The maximum atomic E-state index is 4.13. The summed E-state index contributed by atoms with van der Waals surface area (Å²) in [5, 5.41) is 3.52. The predicted octanol–water partition coefficient (Wildman–Crippen LogP) is 2.81. The summed E-state index contributed by atoms with van der Waals surface area (Å²) >= 11 is 3.59. The van der Waals surface area contributed by atoms with Gasteiger partial charge in [-0.3, -0.25) is 4.98 Å². The minimum Gasteiger partial charge on any atom is -0.366 e. The molecule has 0 aliphatic carbocycles. The molecule has 2 rings (SSSR count). The highest BCUT2D eigenvalue weighted by Crippen LogP contribution is 2.30. The van der Waals surface area contributed by atoms with Gasteiger partial charge in [-0.05, 0) is 47.8 Å². The van der Waals surface area contributed by atoms with Crippen molar-refractivity contribution in [2.75, 3.05) is 24.5 Å². The molecule has 0 bridgehead atoms. The van der Waals surface area contributed by atoms with Gasteiger partial charge in [-0.15, -0.1) is 0 Å². The van der Waals surface area contributed by atoms with Gasteiger partial charge in [0.25, 0.3) is 0 Å². The molecule has 1 aliphatic heterocycles. The van der Waals surface area contributed by atoms with E-state index >= 15 is 0 Å². The second-order valence-electron chi connectivity index (χ2n) is 4.52. The summed E-state index contributed by atoms with van der Waals surface area (Å²) < 4.78 is 1.10. The van der Waals surface area contributed by atoms with Gasteiger partial charge < -0.3 is 10.2 Å². The van der Waals surface area contributed by atoms with Crippen LogP contribution in [0.25, 0.3) is 0 Å².